The summed E-state index contributed by atoms with van der Waals surface area (Å²) in [6.07, 6.45) is 5.04. The van der Waals surface area contributed by atoms with E-state index in [0.717, 1.165) is 16.8 Å². The summed E-state index contributed by atoms with van der Waals surface area (Å²) in [7, 11) is 0. The monoisotopic (exact) mass is 277 g/mol. The van der Waals surface area contributed by atoms with Crippen molar-refractivity contribution in [3.63, 3.8) is 0 Å². The van der Waals surface area contributed by atoms with E-state index in [0.29, 0.717) is 5.69 Å². The summed E-state index contributed by atoms with van der Waals surface area (Å²) in [5.74, 6) is 2.58. The Kier molecular flexibility index (Phi) is 2.95. The first-order chi connectivity index (χ1) is 10.0. The van der Waals surface area contributed by atoms with Gasteiger partial charge in [-0.05, 0) is 38.1 Å². The van der Waals surface area contributed by atoms with Crippen molar-refractivity contribution in [2.45, 2.75) is 19.4 Å². The first-order valence-corrected chi connectivity index (χ1v) is 6.72. The van der Waals surface area contributed by atoms with E-state index in [1.165, 1.54) is 0 Å². The van der Waals surface area contributed by atoms with Gasteiger partial charge in [0.2, 0.25) is 0 Å². The van der Waals surface area contributed by atoms with Gasteiger partial charge in [-0.25, -0.2) is 9.69 Å². The van der Waals surface area contributed by atoms with E-state index in [9.17, 15) is 4.79 Å². The second kappa shape index (κ2) is 4.68. The highest BCUT2D eigenvalue weighted by molar-refractivity contribution is 5.99. The van der Waals surface area contributed by atoms with Gasteiger partial charge in [-0.2, -0.15) is 0 Å². The van der Waals surface area contributed by atoms with Gasteiger partial charge in [0.15, 0.2) is 0 Å². The summed E-state index contributed by atoms with van der Waals surface area (Å²) in [5, 5.41) is 0. The van der Waals surface area contributed by atoms with Crippen LogP contribution in [0.5, 0.6) is 0 Å². The Bertz CT molecular complexity index is 756. The lowest BCUT2D eigenvalue weighted by molar-refractivity contribution is 0.0374. The Balaban J connectivity index is 2.19. The summed E-state index contributed by atoms with van der Waals surface area (Å²) in [6, 6.07) is 15.0. The molecule has 0 saturated heterocycles. The maximum atomic E-state index is 12.4. The number of terminal acetylenes is 1. The minimum absolute atomic E-state index is 0.395. The van der Waals surface area contributed by atoms with Crippen LogP contribution in [0.25, 0.3) is 0 Å². The van der Waals surface area contributed by atoms with Crippen molar-refractivity contribution in [3.05, 3.63) is 59.7 Å². The van der Waals surface area contributed by atoms with E-state index in [1.807, 2.05) is 56.3 Å². The third kappa shape index (κ3) is 2.15. The van der Waals surface area contributed by atoms with Crippen molar-refractivity contribution < 1.29 is 9.53 Å². The maximum absolute atomic E-state index is 12.4. The molecule has 1 amide bonds. The molecule has 1 aliphatic heterocycles. The average Bonchev–Trinajstić information content (AvgIpc) is 2.47. The number of cyclic esters (lactones) is 1. The number of fused-ring (bicyclic) bond motifs is 1. The summed E-state index contributed by atoms with van der Waals surface area (Å²) in [6.45, 7) is 3.78. The zero-order chi connectivity index (χ0) is 15.0. The fraction of sp³-hybridized carbons (Fsp3) is 0.167. The molecule has 0 saturated carbocycles. The number of anilines is 2. The second-order valence-corrected chi connectivity index (χ2v) is 5.43. The maximum Gasteiger partial charge on any atom is 0.419 e. The van der Waals surface area contributed by atoms with E-state index < -0.39 is 11.7 Å². The van der Waals surface area contributed by atoms with E-state index in [2.05, 4.69) is 5.92 Å². The molecule has 0 aromatic heterocycles. The van der Waals surface area contributed by atoms with Crippen molar-refractivity contribution in [1.82, 2.24) is 0 Å². The molecule has 0 fully saturated rings. The Hall–Kier alpha value is -2.73. The van der Waals surface area contributed by atoms with Crippen LogP contribution in [0.1, 0.15) is 25.0 Å². The Morgan fingerprint density at radius 1 is 1.14 bits per heavy atom. The second-order valence-electron chi connectivity index (χ2n) is 5.43. The standard InChI is InChI=1S/C18H15NO2/c1-4-13-8-7-9-14(12-13)19-16-11-6-5-10-15(16)18(2,3)21-17(19)20/h1,5-12H,2-3H3. The van der Waals surface area contributed by atoms with Crippen LogP contribution in [0.3, 0.4) is 0 Å². The van der Waals surface area contributed by atoms with E-state index >= 15 is 0 Å². The van der Waals surface area contributed by atoms with Gasteiger partial charge in [0.25, 0.3) is 0 Å². The van der Waals surface area contributed by atoms with Gasteiger partial charge in [0.1, 0.15) is 5.60 Å². The Labute approximate surface area is 124 Å². The molecule has 0 aliphatic carbocycles. The smallest absolute Gasteiger partial charge is 0.419 e. The van der Waals surface area contributed by atoms with Gasteiger partial charge in [-0.15, -0.1) is 6.42 Å². The van der Waals surface area contributed by atoms with Gasteiger partial charge < -0.3 is 4.74 Å². The lowest BCUT2D eigenvalue weighted by atomic mass is 9.94. The Morgan fingerprint density at radius 2 is 1.90 bits per heavy atom. The zero-order valence-electron chi connectivity index (χ0n) is 12.0. The number of rotatable bonds is 1. The van der Waals surface area contributed by atoms with Crippen LogP contribution in [0.2, 0.25) is 0 Å². The number of para-hydroxylation sites is 1. The van der Waals surface area contributed by atoms with E-state index in [1.54, 1.807) is 11.0 Å². The zero-order valence-corrected chi connectivity index (χ0v) is 12.0. The van der Waals surface area contributed by atoms with Crippen LogP contribution in [0.15, 0.2) is 48.5 Å². The highest BCUT2D eigenvalue weighted by atomic mass is 16.6. The lowest BCUT2D eigenvalue weighted by Gasteiger charge is -2.38. The van der Waals surface area contributed by atoms with E-state index in [-0.39, 0.29) is 0 Å². The Morgan fingerprint density at radius 3 is 2.67 bits per heavy atom. The normalized spacial score (nSPS) is 15.9. The first-order valence-electron chi connectivity index (χ1n) is 6.72. The number of nitrogens with zero attached hydrogens (tertiary/aromatic N) is 1. The molecule has 21 heavy (non-hydrogen) atoms. The molecule has 104 valence electrons. The number of benzene rings is 2. The molecule has 0 N–H and O–H groups in total. The van der Waals surface area contributed by atoms with Crippen LogP contribution in [-0.2, 0) is 10.3 Å². The molecule has 0 bridgehead atoms. The molecule has 1 aliphatic rings. The molecule has 3 heteroatoms. The predicted octanol–water partition coefficient (Wildman–Crippen LogP) is 4.19. The van der Waals surface area contributed by atoms with Crippen molar-refractivity contribution in [3.8, 4) is 12.3 Å². The van der Waals surface area contributed by atoms with Crippen molar-refractivity contribution in [2.75, 3.05) is 4.90 Å². The minimum Gasteiger partial charge on any atom is -0.438 e. The highest BCUT2D eigenvalue weighted by Gasteiger charge is 2.38. The molecular formula is C18H15NO2. The fourth-order valence-electron chi connectivity index (χ4n) is 2.57. The number of carbonyl (C=O) groups excluding carboxylic acids is 1. The third-order valence-electron chi connectivity index (χ3n) is 3.59. The van der Waals surface area contributed by atoms with Gasteiger partial charge in [0, 0.05) is 11.1 Å². The van der Waals surface area contributed by atoms with Crippen molar-refractivity contribution in [2.24, 2.45) is 0 Å². The van der Waals surface area contributed by atoms with Crippen LogP contribution in [-0.4, -0.2) is 6.09 Å². The molecule has 0 radical (unpaired) electrons. The van der Waals surface area contributed by atoms with Crippen LogP contribution in [0.4, 0.5) is 16.2 Å². The molecular weight excluding hydrogens is 262 g/mol. The number of hydrogen-bond donors (Lipinski definition) is 0. The van der Waals surface area contributed by atoms with Crippen LogP contribution in [0, 0.1) is 12.3 Å². The van der Waals surface area contributed by atoms with E-state index in [4.69, 9.17) is 11.2 Å². The van der Waals surface area contributed by atoms with Crippen LogP contribution < -0.4 is 4.90 Å². The fourth-order valence-corrected chi connectivity index (χ4v) is 2.57. The molecule has 2 aromatic rings. The molecule has 2 aromatic carbocycles. The molecule has 0 atom stereocenters. The van der Waals surface area contributed by atoms with Gasteiger partial charge in [0.05, 0.1) is 11.4 Å². The molecule has 3 rings (SSSR count). The summed E-state index contributed by atoms with van der Waals surface area (Å²) in [4.78, 5) is 14.0. The highest BCUT2D eigenvalue weighted by Crippen LogP contribution is 2.41. The van der Waals surface area contributed by atoms with Gasteiger partial charge in [-0.3, -0.25) is 0 Å². The summed E-state index contributed by atoms with van der Waals surface area (Å²) < 4.78 is 5.58. The molecule has 0 spiro atoms. The quantitative estimate of drug-likeness (QED) is 0.731. The summed E-state index contributed by atoms with van der Waals surface area (Å²) >= 11 is 0. The molecule has 1 heterocycles. The SMILES string of the molecule is C#Cc1cccc(N2C(=O)OC(C)(C)c3ccccc32)c1. The minimum atomic E-state index is -0.645. The largest absolute Gasteiger partial charge is 0.438 e. The van der Waals surface area contributed by atoms with Gasteiger partial charge >= 0.3 is 6.09 Å². The van der Waals surface area contributed by atoms with Crippen LogP contribution >= 0.6 is 0 Å². The number of hydrogen-bond acceptors (Lipinski definition) is 2. The van der Waals surface area contributed by atoms with Gasteiger partial charge in [-0.1, -0.05) is 30.2 Å². The average molecular weight is 277 g/mol. The van der Waals surface area contributed by atoms with Crippen molar-refractivity contribution in [1.29, 1.82) is 0 Å². The summed E-state index contributed by atoms with van der Waals surface area (Å²) in [5.41, 5.74) is 2.58. The third-order valence-corrected chi connectivity index (χ3v) is 3.59. The van der Waals surface area contributed by atoms with Crippen molar-refractivity contribution >= 4 is 17.5 Å². The number of carbonyl (C=O) groups is 1. The lowest BCUT2D eigenvalue weighted by Crippen LogP contribution is -2.40. The number of ether oxygens (including phenoxy) is 1. The molecule has 3 nitrogen and oxygen atoms in total. The predicted molar refractivity (Wildman–Crippen MR) is 82.5 cm³/mol. The molecule has 0 unspecified atom stereocenters. The topological polar surface area (TPSA) is 29.5 Å². The first kappa shape index (κ1) is 13.3. The number of amides is 1.